The number of likely N-dealkylation sites (tertiary alicyclic amines) is 1. The molecule has 0 radical (unpaired) electrons. The quantitative estimate of drug-likeness (QED) is 0.813. The van der Waals surface area contributed by atoms with Crippen molar-refractivity contribution in [3.63, 3.8) is 0 Å². The molecule has 3 heterocycles. The Morgan fingerprint density at radius 1 is 1.32 bits per heavy atom. The van der Waals surface area contributed by atoms with Crippen LogP contribution in [0.1, 0.15) is 31.0 Å². The number of hydrogen-bond donors (Lipinski definition) is 0. The minimum Gasteiger partial charge on any atom is -0.353 e. The SMILES string of the molecule is Cn1cccc1[C@@H]1CCCCN1C(=O)CSc1ccncc1. The average Bonchev–Trinajstić information content (AvgIpc) is 2.99. The van der Waals surface area contributed by atoms with Crippen molar-refractivity contribution < 1.29 is 4.79 Å². The summed E-state index contributed by atoms with van der Waals surface area (Å²) in [6, 6.07) is 8.30. The van der Waals surface area contributed by atoms with Crippen LogP contribution in [0.25, 0.3) is 0 Å². The highest BCUT2D eigenvalue weighted by Crippen LogP contribution is 2.31. The maximum atomic E-state index is 12.7. The molecule has 4 nitrogen and oxygen atoms in total. The zero-order valence-corrected chi connectivity index (χ0v) is 13.6. The van der Waals surface area contributed by atoms with Crippen LogP contribution in [0.3, 0.4) is 0 Å². The minimum absolute atomic E-state index is 0.222. The second-order valence-electron chi connectivity index (χ2n) is 5.61. The van der Waals surface area contributed by atoms with Crippen molar-refractivity contribution in [2.75, 3.05) is 12.3 Å². The van der Waals surface area contributed by atoms with Crippen LogP contribution >= 0.6 is 11.8 Å². The third kappa shape index (κ3) is 3.35. The number of aromatic nitrogens is 2. The topological polar surface area (TPSA) is 38.1 Å². The number of carbonyl (C=O) groups is 1. The first-order chi connectivity index (χ1) is 10.8. The molecule has 0 unspecified atom stereocenters. The molecule has 1 atom stereocenters. The van der Waals surface area contributed by atoms with Crippen LogP contribution in [0, 0.1) is 0 Å². The number of carbonyl (C=O) groups excluding carboxylic acids is 1. The molecular formula is C17H21N3OS. The van der Waals surface area contributed by atoms with Crippen molar-refractivity contribution in [3.05, 3.63) is 48.5 Å². The number of aryl methyl sites for hydroxylation is 1. The van der Waals surface area contributed by atoms with Crippen molar-refractivity contribution in [2.24, 2.45) is 7.05 Å². The van der Waals surface area contributed by atoms with Crippen LogP contribution in [0.5, 0.6) is 0 Å². The van der Waals surface area contributed by atoms with Gasteiger partial charge in [0.2, 0.25) is 5.91 Å². The molecule has 0 aromatic carbocycles. The Kier molecular flexibility index (Phi) is 4.83. The molecule has 2 aromatic heterocycles. The molecule has 2 aromatic rings. The van der Waals surface area contributed by atoms with Gasteiger partial charge >= 0.3 is 0 Å². The molecule has 1 aliphatic rings. The molecular weight excluding hydrogens is 294 g/mol. The summed E-state index contributed by atoms with van der Waals surface area (Å²) < 4.78 is 2.13. The van der Waals surface area contributed by atoms with E-state index >= 15 is 0 Å². The molecule has 0 N–H and O–H groups in total. The number of amides is 1. The Morgan fingerprint density at radius 3 is 2.86 bits per heavy atom. The van der Waals surface area contributed by atoms with Crippen molar-refractivity contribution in [1.29, 1.82) is 0 Å². The lowest BCUT2D eigenvalue weighted by Crippen LogP contribution is -2.40. The fraction of sp³-hybridized carbons (Fsp3) is 0.412. The van der Waals surface area contributed by atoms with Gasteiger partial charge in [0.1, 0.15) is 0 Å². The standard InChI is InChI=1S/C17H21N3OS/c1-19-11-4-6-15(19)16-5-2-3-12-20(16)17(21)13-22-14-7-9-18-10-8-14/h4,6-11,16H,2-3,5,12-13H2,1H3/t16-/m0/s1. The van der Waals surface area contributed by atoms with E-state index in [0.29, 0.717) is 5.75 Å². The summed E-state index contributed by atoms with van der Waals surface area (Å²) in [6.45, 7) is 0.867. The van der Waals surface area contributed by atoms with Crippen LogP contribution < -0.4 is 0 Å². The zero-order valence-electron chi connectivity index (χ0n) is 12.8. The first-order valence-corrected chi connectivity index (χ1v) is 8.68. The second-order valence-corrected chi connectivity index (χ2v) is 6.66. The fourth-order valence-electron chi connectivity index (χ4n) is 3.02. The van der Waals surface area contributed by atoms with Crippen molar-refractivity contribution >= 4 is 17.7 Å². The number of rotatable bonds is 4. The van der Waals surface area contributed by atoms with Gasteiger partial charge in [-0.2, -0.15) is 0 Å². The molecule has 1 aliphatic heterocycles. The van der Waals surface area contributed by atoms with Crippen LogP contribution in [-0.4, -0.2) is 32.7 Å². The predicted molar refractivity (Wildman–Crippen MR) is 88.7 cm³/mol. The molecule has 1 amide bonds. The lowest BCUT2D eigenvalue weighted by Gasteiger charge is -2.36. The van der Waals surface area contributed by atoms with Gasteiger partial charge in [-0.15, -0.1) is 11.8 Å². The van der Waals surface area contributed by atoms with Gasteiger partial charge in [-0.3, -0.25) is 9.78 Å². The van der Waals surface area contributed by atoms with E-state index in [1.807, 2.05) is 12.1 Å². The van der Waals surface area contributed by atoms with Gasteiger partial charge < -0.3 is 9.47 Å². The highest BCUT2D eigenvalue weighted by Gasteiger charge is 2.29. The van der Waals surface area contributed by atoms with Gasteiger partial charge in [0.15, 0.2) is 0 Å². The van der Waals surface area contributed by atoms with E-state index in [4.69, 9.17) is 0 Å². The van der Waals surface area contributed by atoms with E-state index in [-0.39, 0.29) is 11.9 Å². The number of nitrogens with zero attached hydrogens (tertiary/aromatic N) is 3. The number of piperidine rings is 1. The Balaban J connectivity index is 1.68. The van der Waals surface area contributed by atoms with Gasteiger partial charge in [0.25, 0.3) is 0 Å². The Hall–Kier alpha value is -1.75. The summed E-state index contributed by atoms with van der Waals surface area (Å²) in [5.74, 6) is 0.720. The van der Waals surface area contributed by atoms with Gasteiger partial charge in [0.05, 0.1) is 11.8 Å². The number of thioether (sulfide) groups is 1. The Bertz CT molecular complexity index is 626. The lowest BCUT2D eigenvalue weighted by molar-refractivity contribution is -0.132. The summed E-state index contributed by atoms with van der Waals surface area (Å²) in [5.41, 5.74) is 1.24. The zero-order chi connectivity index (χ0) is 15.4. The lowest BCUT2D eigenvalue weighted by atomic mass is 9.99. The van der Waals surface area contributed by atoms with Crippen LogP contribution in [0.4, 0.5) is 0 Å². The van der Waals surface area contributed by atoms with E-state index in [0.717, 1.165) is 24.3 Å². The summed E-state index contributed by atoms with van der Waals surface area (Å²) in [4.78, 5) is 19.8. The summed E-state index contributed by atoms with van der Waals surface area (Å²) in [5, 5.41) is 0. The molecule has 22 heavy (non-hydrogen) atoms. The second kappa shape index (κ2) is 7.01. The van der Waals surface area contributed by atoms with Crippen molar-refractivity contribution in [3.8, 4) is 0 Å². The predicted octanol–water partition coefficient (Wildman–Crippen LogP) is 3.27. The largest absolute Gasteiger partial charge is 0.353 e. The fourth-order valence-corrected chi connectivity index (χ4v) is 3.79. The van der Waals surface area contributed by atoms with Crippen LogP contribution in [-0.2, 0) is 11.8 Å². The highest BCUT2D eigenvalue weighted by atomic mass is 32.2. The first kappa shape index (κ1) is 15.2. The summed E-state index contributed by atoms with van der Waals surface area (Å²) >= 11 is 1.59. The van der Waals surface area contributed by atoms with E-state index in [1.54, 1.807) is 24.2 Å². The molecule has 116 valence electrons. The molecule has 0 aliphatic carbocycles. The molecule has 1 saturated heterocycles. The van der Waals surface area contributed by atoms with Crippen LogP contribution in [0.2, 0.25) is 0 Å². The molecule has 5 heteroatoms. The summed E-state index contributed by atoms with van der Waals surface area (Å²) in [6.07, 6.45) is 8.94. The molecule has 0 saturated carbocycles. The van der Waals surface area contributed by atoms with Gasteiger partial charge in [0, 0.05) is 42.8 Å². The van der Waals surface area contributed by atoms with Gasteiger partial charge in [-0.05, 0) is 43.5 Å². The molecule has 0 spiro atoms. The third-order valence-corrected chi connectivity index (χ3v) is 5.16. The van der Waals surface area contributed by atoms with Gasteiger partial charge in [-0.1, -0.05) is 0 Å². The third-order valence-electron chi connectivity index (χ3n) is 4.16. The monoisotopic (exact) mass is 315 g/mol. The molecule has 1 fully saturated rings. The van der Waals surface area contributed by atoms with E-state index in [9.17, 15) is 4.79 Å². The Labute approximate surface area is 135 Å². The van der Waals surface area contributed by atoms with Crippen LogP contribution in [0.15, 0.2) is 47.8 Å². The highest BCUT2D eigenvalue weighted by molar-refractivity contribution is 8.00. The van der Waals surface area contributed by atoms with E-state index in [1.165, 1.54) is 12.1 Å². The minimum atomic E-state index is 0.222. The number of pyridine rings is 1. The van der Waals surface area contributed by atoms with Crippen molar-refractivity contribution in [2.45, 2.75) is 30.2 Å². The maximum Gasteiger partial charge on any atom is 0.233 e. The normalized spacial score (nSPS) is 18.4. The maximum absolute atomic E-state index is 12.7. The Morgan fingerprint density at radius 2 is 2.14 bits per heavy atom. The van der Waals surface area contributed by atoms with E-state index < -0.39 is 0 Å². The van der Waals surface area contributed by atoms with Gasteiger partial charge in [-0.25, -0.2) is 0 Å². The van der Waals surface area contributed by atoms with E-state index in [2.05, 4.69) is 39.8 Å². The first-order valence-electron chi connectivity index (χ1n) is 7.69. The molecule has 0 bridgehead atoms. The average molecular weight is 315 g/mol. The molecule has 3 rings (SSSR count). The smallest absolute Gasteiger partial charge is 0.233 e. The summed E-state index contributed by atoms with van der Waals surface area (Å²) in [7, 11) is 2.05. The number of hydrogen-bond acceptors (Lipinski definition) is 3. The van der Waals surface area contributed by atoms with Crippen molar-refractivity contribution in [1.82, 2.24) is 14.5 Å².